The Hall–Kier alpha value is -0.0400. The van der Waals surface area contributed by atoms with Gasteiger partial charge in [-0.05, 0) is 28.7 Å². The molecule has 0 fully saturated rings. The van der Waals surface area contributed by atoms with Gasteiger partial charge in [0.1, 0.15) is 0 Å². The van der Waals surface area contributed by atoms with Gasteiger partial charge in [0.05, 0.1) is 17.1 Å². The number of rotatable bonds is 1. The van der Waals surface area contributed by atoms with Crippen molar-refractivity contribution in [2.24, 2.45) is 0 Å². The smallest absolute Gasteiger partial charge is 0.259 e. The number of nitrogens with zero attached hydrogens (tertiary/aromatic N) is 1. The van der Waals surface area contributed by atoms with Gasteiger partial charge in [-0.25, -0.2) is 0 Å². The van der Waals surface area contributed by atoms with E-state index in [-0.39, 0.29) is 15.1 Å². The minimum absolute atomic E-state index is 0.121. The summed E-state index contributed by atoms with van der Waals surface area (Å²) in [7, 11) is 0. The molecule has 0 atom stereocenters. The standard InChI is InChI=1S/C7H4ClF3IN/c8-3-5-6(7(9,10)11)4(12)1-2-13-5/h1-2H,3H2. The Bertz CT molecular complexity index is 313. The van der Waals surface area contributed by atoms with Gasteiger partial charge in [0, 0.05) is 9.77 Å². The van der Waals surface area contributed by atoms with Crippen LogP contribution in [0.2, 0.25) is 0 Å². The summed E-state index contributed by atoms with van der Waals surface area (Å²) in [6.45, 7) is 0. The predicted octanol–water partition coefficient (Wildman–Crippen LogP) is 3.44. The zero-order valence-electron chi connectivity index (χ0n) is 6.20. The average molecular weight is 321 g/mol. The van der Waals surface area contributed by atoms with Crippen LogP contribution in [0, 0.1) is 3.57 Å². The fourth-order valence-electron chi connectivity index (χ4n) is 0.879. The van der Waals surface area contributed by atoms with Crippen molar-refractivity contribution in [1.29, 1.82) is 0 Å². The molecule has 0 saturated carbocycles. The molecule has 0 unspecified atom stereocenters. The first-order chi connectivity index (χ1) is 5.96. The van der Waals surface area contributed by atoms with Crippen molar-refractivity contribution < 1.29 is 13.2 Å². The number of aromatic nitrogens is 1. The van der Waals surface area contributed by atoms with E-state index in [4.69, 9.17) is 11.6 Å². The molecular formula is C7H4ClF3IN. The van der Waals surface area contributed by atoms with Gasteiger partial charge in [0.15, 0.2) is 0 Å². The van der Waals surface area contributed by atoms with Crippen LogP contribution in [0.25, 0.3) is 0 Å². The number of alkyl halides is 4. The quantitative estimate of drug-likeness (QED) is 0.570. The topological polar surface area (TPSA) is 12.9 Å². The maximum absolute atomic E-state index is 12.4. The van der Waals surface area contributed by atoms with Gasteiger partial charge in [0.25, 0.3) is 0 Å². The summed E-state index contributed by atoms with van der Waals surface area (Å²) < 4.78 is 37.3. The zero-order chi connectivity index (χ0) is 10.1. The third-order valence-corrected chi connectivity index (χ3v) is 2.54. The van der Waals surface area contributed by atoms with E-state index in [1.165, 1.54) is 12.3 Å². The van der Waals surface area contributed by atoms with Crippen LogP contribution in [-0.4, -0.2) is 4.98 Å². The lowest BCUT2D eigenvalue weighted by Crippen LogP contribution is -2.12. The molecule has 0 N–H and O–H groups in total. The summed E-state index contributed by atoms with van der Waals surface area (Å²) in [5.41, 5.74) is -0.855. The van der Waals surface area contributed by atoms with Crippen molar-refractivity contribution in [1.82, 2.24) is 4.98 Å². The second-order valence-electron chi connectivity index (χ2n) is 2.25. The van der Waals surface area contributed by atoms with Gasteiger partial charge < -0.3 is 0 Å². The molecule has 1 aromatic heterocycles. The predicted molar refractivity (Wildman–Crippen MR) is 51.5 cm³/mol. The summed E-state index contributed by atoms with van der Waals surface area (Å²) in [5, 5.41) is 0. The maximum atomic E-state index is 12.4. The van der Waals surface area contributed by atoms with Crippen molar-refractivity contribution in [2.45, 2.75) is 12.1 Å². The third kappa shape index (κ3) is 2.46. The minimum Gasteiger partial charge on any atom is -0.259 e. The summed E-state index contributed by atoms with van der Waals surface area (Å²) in [5.74, 6) is -0.230. The molecule has 13 heavy (non-hydrogen) atoms. The van der Waals surface area contributed by atoms with Crippen molar-refractivity contribution in [3.05, 3.63) is 27.1 Å². The molecule has 0 spiro atoms. The SMILES string of the molecule is FC(F)(F)c1c(I)ccnc1CCl. The summed E-state index contributed by atoms with van der Waals surface area (Å²) >= 11 is 6.96. The second kappa shape index (κ2) is 4.00. The zero-order valence-corrected chi connectivity index (χ0v) is 9.11. The van der Waals surface area contributed by atoms with Crippen molar-refractivity contribution in [3.8, 4) is 0 Å². The van der Waals surface area contributed by atoms with E-state index in [0.717, 1.165) is 0 Å². The molecule has 0 aliphatic rings. The van der Waals surface area contributed by atoms with E-state index >= 15 is 0 Å². The van der Waals surface area contributed by atoms with Gasteiger partial charge in [-0.15, -0.1) is 11.6 Å². The van der Waals surface area contributed by atoms with Crippen LogP contribution in [-0.2, 0) is 12.1 Å². The molecule has 72 valence electrons. The fourth-order valence-corrected chi connectivity index (χ4v) is 1.86. The molecule has 0 amide bonds. The van der Waals surface area contributed by atoms with Crippen LogP contribution >= 0.6 is 34.2 Å². The molecule has 1 rings (SSSR count). The van der Waals surface area contributed by atoms with Crippen LogP contribution in [0.3, 0.4) is 0 Å². The average Bonchev–Trinajstić information content (AvgIpc) is 2.01. The van der Waals surface area contributed by atoms with E-state index in [2.05, 4.69) is 4.98 Å². The molecule has 0 bridgehead atoms. The van der Waals surface area contributed by atoms with Gasteiger partial charge in [-0.1, -0.05) is 0 Å². The number of hydrogen-bond acceptors (Lipinski definition) is 1. The van der Waals surface area contributed by atoms with E-state index in [0.29, 0.717) is 0 Å². The van der Waals surface area contributed by atoms with E-state index in [9.17, 15) is 13.2 Å². The summed E-state index contributed by atoms with van der Waals surface area (Å²) in [6.07, 6.45) is -3.07. The Morgan fingerprint density at radius 3 is 2.46 bits per heavy atom. The van der Waals surface area contributed by atoms with E-state index in [1.54, 1.807) is 22.6 Å². The first-order valence-electron chi connectivity index (χ1n) is 3.23. The molecule has 0 aliphatic heterocycles. The number of halogens is 5. The maximum Gasteiger partial charge on any atom is 0.419 e. The molecular weight excluding hydrogens is 317 g/mol. The highest BCUT2D eigenvalue weighted by molar-refractivity contribution is 14.1. The van der Waals surface area contributed by atoms with Gasteiger partial charge in [-0.2, -0.15) is 13.2 Å². The van der Waals surface area contributed by atoms with E-state index in [1.807, 2.05) is 0 Å². The molecule has 6 heteroatoms. The molecule has 1 heterocycles. The Morgan fingerprint density at radius 1 is 1.46 bits per heavy atom. The van der Waals surface area contributed by atoms with Crippen molar-refractivity contribution >= 4 is 34.2 Å². The molecule has 0 aromatic carbocycles. The summed E-state index contributed by atoms with van der Waals surface area (Å²) in [6, 6.07) is 1.30. The van der Waals surface area contributed by atoms with Crippen LogP contribution in [0.4, 0.5) is 13.2 Å². The monoisotopic (exact) mass is 321 g/mol. The first kappa shape index (κ1) is 11.0. The summed E-state index contributed by atoms with van der Waals surface area (Å²) in [4.78, 5) is 3.57. The van der Waals surface area contributed by atoms with E-state index < -0.39 is 11.7 Å². The Morgan fingerprint density at radius 2 is 2.08 bits per heavy atom. The largest absolute Gasteiger partial charge is 0.419 e. The Balaban J connectivity index is 3.32. The lowest BCUT2D eigenvalue weighted by atomic mass is 10.2. The van der Waals surface area contributed by atoms with Gasteiger partial charge in [0.2, 0.25) is 0 Å². The minimum atomic E-state index is -4.38. The van der Waals surface area contributed by atoms with Crippen molar-refractivity contribution in [3.63, 3.8) is 0 Å². The lowest BCUT2D eigenvalue weighted by molar-refractivity contribution is -0.139. The second-order valence-corrected chi connectivity index (χ2v) is 3.68. The van der Waals surface area contributed by atoms with Gasteiger partial charge in [-0.3, -0.25) is 4.98 Å². The highest BCUT2D eigenvalue weighted by Crippen LogP contribution is 2.34. The molecule has 0 saturated heterocycles. The van der Waals surface area contributed by atoms with Crippen LogP contribution in [0.1, 0.15) is 11.3 Å². The Labute approximate surface area is 91.4 Å². The number of hydrogen-bond donors (Lipinski definition) is 0. The van der Waals surface area contributed by atoms with Gasteiger partial charge >= 0.3 is 6.18 Å². The Kier molecular flexibility index (Phi) is 3.39. The van der Waals surface area contributed by atoms with Crippen LogP contribution in [0.15, 0.2) is 12.3 Å². The van der Waals surface area contributed by atoms with Crippen LogP contribution in [0.5, 0.6) is 0 Å². The first-order valence-corrected chi connectivity index (χ1v) is 4.84. The molecule has 0 aliphatic carbocycles. The normalized spacial score (nSPS) is 11.8. The molecule has 1 aromatic rings. The molecule has 0 radical (unpaired) electrons. The third-order valence-electron chi connectivity index (χ3n) is 1.39. The molecule has 1 nitrogen and oxygen atoms in total. The van der Waals surface area contributed by atoms with Crippen molar-refractivity contribution in [2.75, 3.05) is 0 Å². The lowest BCUT2D eigenvalue weighted by Gasteiger charge is -2.11. The van der Waals surface area contributed by atoms with Crippen LogP contribution < -0.4 is 0 Å². The highest BCUT2D eigenvalue weighted by Gasteiger charge is 2.36. The fraction of sp³-hybridized carbons (Fsp3) is 0.286. The number of pyridine rings is 1. The highest BCUT2D eigenvalue weighted by atomic mass is 127.